The van der Waals surface area contributed by atoms with Crippen LogP contribution in [0.3, 0.4) is 0 Å². The van der Waals surface area contributed by atoms with Crippen LogP contribution >= 0.6 is 0 Å². The first kappa shape index (κ1) is 18.1. The molecule has 2 unspecified atom stereocenters. The summed E-state index contributed by atoms with van der Waals surface area (Å²) in [5, 5.41) is 12.3. The minimum Gasteiger partial charge on any atom is -0.393 e. The van der Waals surface area contributed by atoms with Crippen molar-refractivity contribution in [3.63, 3.8) is 0 Å². The van der Waals surface area contributed by atoms with Crippen LogP contribution in [0.5, 0.6) is 0 Å². The maximum atomic E-state index is 13.0. The molecule has 2 aromatic rings. The van der Waals surface area contributed by atoms with Gasteiger partial charge in [0.15, 0.2) is 0 Å². The number of hydrogen-bond donors (Lipinski definition) is 2. The van der Waals surface area contributed by atoms with E-state index in [4.69, 9.17) is 0 Å². The Hall–Kier alpha value is -2.24. The summed E-state index contributed by atoms with van der Waals surface area (Å²) in [5.41, 5.74) is 1.41. The van der Waals surface area contributed by atoms with Gasteiger partial charge in [-0.3, -0.25) is 9.69 Å². The number of hydrogen-bond acceptors (Lipinski definition) is 3. The highest BCUT2D eigenvalue weighted by Crippen LogP contribution is 2.22. The van der Waals surface area contributed by atoms with Gasteiger partial charge in [-0.05, 0) is 50.2 Å². The maximum absolute atomic E-state index is 13.0. The van der Waals surface area contributed by atoms with Gasteiger partial charge in [-0.2, -0.15) is 0 Å². The van der Waals surface area contributed by atoms with Crippen LogP contribution in [0.2, 0.25) is 0 Å². The summed E-state index contributed by atoms with van der Waals surface area (Å²) >= 11 is 0. The molecule has 2 N–H and O–H groups in total. The first-order valence-corrected chi connectivity index (χ1v) is 7.97. The molecule has 0 aliphatic carbocycles. The predicted octanol–water partition coefficient (Wildman–Crippen LogP) is 3.21. The van der Waals surface area contributed by atoms with Crippen LogP contribution in [0.15, 0.2) is 54.6 Å². The van der Waals surface area contributed by atoms with Gasteiger partial charge in [-0.1, -0.05) is 30.3 Å². The topological polar surface area (TPSA) is 52.6 Å². The van der Waals surface area contributed by atoms with E-state index >= 15 is 0 Å². The molecule has 0 aliphatic rings. The first-order chi connectivity index (χ1) is 11.5. The standard InChI is InChI=1S/C19H23FN2O2/c1-14(23)12-13-22(2)18(15-6-4-3-5-7-15)19(24)21-17-10-8-16(20)9-11-17/h3-11,14,18,23H,12-13H2,1-2H3,(H,21,24). The molecule has 0 spiro atoms. The molecular formula is C19H23FN2O2. The largest absolute Gasteiger partial charge is 0.393 e. The fraction of sp³-hybridized carbons (Fsp3) is 0.316. The van der Waals surface area contributed by atoms with Gasteiger partial charge >= 0.3 is 0 Å². The SMILES string of the molecule is CC(O)CCN(C)C(C(=O)Nc1ccc(F)cc1)c1ccccc1. The monoisotopic (exact) mass is 330 g/mol. The van der Waals surface area contributed by atoms with Gasteiger partial charge < -0.3 is 10.4 Å². The molecule has 0 saturated heterocycles. The Balaban J connectivity index is 2.18. The van der Waals surface area contributed by atoms with Crippen molar-refractivity contribution in [1.82, 2.24) is 4.90 Å². The number of amides is 1. The fourth-order valence-corrected chi connectivity index (χ4v) is 2.50. The molecule has 2 atom stereocenters. The third-order valence-corrected chi connectivity index (χ3v) is 3.82. The lowest BCUT2D eigenvalue weighted by atomic mass is 10.0. The van der Waals surface area contributed by atoms with Gasteiger partial charge in [0.25, 0.3) is 0 Å². The number of likely N-dealkylation sites (N-methyl/N-ethyl adjacent to an activating group) is 1. The molecule has 0 radical (unpaired) electrons. The number of aliphatic hydroxyl groups excluding tert-OH is 1. The minimum absolute atomic E-state index is 0.194. The molecule has 128 valence electrons. The zero-order valence-electron chi connectivity index (χ0n) is 13.9. The van der Waals surface area contributed by atoms with Crippen molar-refractivity contribution >= 4 is 11.6 Å². The van der Waals surface area contributed by atoms with Crippen molar-refractivity contribution in [2.45, 2.75) is 25.5 Å². The van der Waals surface area contributed by atoms with Crippen LogP contribution in [0, 0.1) is 5.82 Å². The van der Waals surface area contributed by atoms with E-state index in [9.17, 15) is 14.3 Å². The van der Waals surface area contributed by atoms with Crippen molar-refractivity contribution < 1.29 is 14.3 Å². The van der Waals surface area contributed by atoms with E-state index in [1.807, 2.05) is 42.3 Å². The molecule has 5 heteroatoms. The summed E-state index contributed by atoms with van der Waals surface area (Å²) in [4.78, 5) is 14.7. The van der Waals surface area contributed by atoms with Crippen LogP contribution in [0.4, 0.5) is 10.1 Å². The van der Waals surface area contributed by atoms with Crippen molar-refractivity contribution in [3.8, 4) is 0 Å². The number of carbonyl (C=O) groups is 1. The molecule has 0 saturated carbocycles. The molecule has 24 heavy (non-hydrogen) atoms. The molecule has 0 bridgehead atoms. The number of nitrogens with one attached hydrogen (secondary N) is 1. The second kappa shape index (κ2) is 8.57. The lowest BCUT2D eigenvalue weighted by Gasteiger charge is -2.28. The zero-order valence-corrected chi connectivity index (χ0v) is 13.9. The van der Waals surface area contributed by atoms with Crippen LogP contribution in [-0.4, -0.2) is 35.6 Å². The van der Waals surface area contributed by atoms with Crippen molar-refractivity contribution in [2.75, 3.05) is 18.9 Å². The highest BCUT2D eigenvalue weighted by atomic mass is 19.1. The Kier molecular flexibility index (Phi) is 6.46. The lowest BCUT2D eigenvalue weighted by molar-refractivity contribution is -0.121. The van der Waals surface area contributed by atoms with Gasteiger partial charge in [0.05, 0.1) is 6.10 Å². The summed E-state index contributed by atoms with van der Waals surface area (Å²) in [5.74, 6) is -0.539. The molecular weight excluding hydrogens is 307 g/mol. The summed E-state index contributed by atoms with van der Waals surface area (Å²) in [6.45, 7) is 2.30. The summed E-state index contributed by atoms with van der Waals surface area (Å²) in [6.07, 6.45) is 0.146. The predicted molar refractivity (Wildman–Crippen MR) is 93.1 cm³/mol. The summed E-state index contributed by atoms with van der Waals surface area (Å²) < 4.78 is 13.0. The number of nitrogens with zero attached hydrogens (tertiary/aromatic N) is 1. The van der Waals surface area contributed by atoms with E-state index in [1.54, 1.807) is 6.92 Å². The van der Waals surface area contributed by atoms with Crippen molar-refractivity contribution in [1.29, 1.82) is 0 Å². The zero-order chi connectivity index (χ0) is 17.5. The molecule has 4 nitrogen and oxygen atoms in total. The number of halogens is 1. The highest BCUT2D eigenvalue weighted by molar-refractivity contribution is 5.95. The fourth-order valence-electron chi connectivity index (χ4n) is 2.50. The maximum Gasteiger partial charge on any atom is 0.246 e. The number of carbonyl (C=O) groups excluding carboxylic acids is 1. The van der Waals surface area contributed by atoms with E-state index in [0.29, 0.717) is 18.7 Å². The van der Waals surface area contributed by atoms with E-state index in [2.05, 4.69) is 5.32 Å². The number of aliphatic hydroxyl groups is 1. The summed E-state index contributed by atoms with van der Waals surface area (Å²) in [7, 11) is 1.85. The van der Waals surface area contributed by atoms with E-state index in [0.717, 1.165) is 5.56 Å². The smallest absolute Gasteiger partial charge is 0.246 e. The van der Waals surface area contributed by atoms with E-state index < -0.39 is 12.1 Å². The molecule has 0 heterocycles. The van der Waals surface area contributed by atoms with Gasteiger partial charge in [0.1, 0.15) is 11.9 Å². The average Bonchev–Trinajstić information content (AvgIpc) is 2.56. The third kappa shape index (κ3) is 5.15. The third-order valence-electron chi connectivity index (χ3n) is 3.82. The van der Waals surface area contributed by atoms with Crippen LogP contribution in [0.1, 0.15) is 24.9 Å². The molecule has 0 fully saturated rings. The molecule has 1 amide bonds. The second-order valence-electron chi connectivity index (χ2n) is 5.93. The Morgan fingerprint density at radius 1 is 1.17 bits per heavy atom. The molecule has 0 aliphatic heterocycles. The Bertz CT molecular complexity index is 644. The van der Waals surface area contributed by atoms with Crippen molar-refractivity contribution in [2.24, 2.45) is 0 Å². The minimum atomic E-state index is -0.491. The van der Waals surface area contributed by atoms with Crippen LogP contribution in [-0.2, 0) is 4.79 Å². The molecule has 2 aromatic carbocycles. The van der Waals surface area contributed by atoms with Gasteiger partial charge in [0.2, 0.25) is 5.91 Å². The number of benzene rings is 2. The average molecular weight is 330 g/mol. The van der Waals surface area contributed by atoms with Crippen LogP contribution in [0.25, 0.3) is 0 Å². The van der Waals surface area contributed by atoms with E-state index in [1.165, 1.54) is 24.3 Å². The first-order valence-electron chi connectivity index (χ1n) is 7.97. The van der Waals surface area contributed by atoms with E-state index in [-0.39, 0.29) is 11.7 Å². The Labute approximate surface area is 141 Å². The normalized spacial score (nSPS) is 13.5. The lowest BCUT2D eigenvalue weighted by Crippen LogP contribution is -2.36. The Morgan fingerprint density at radius 3 is 2.38 bits per heavy atom. The summed E-state index contributed by atoms with van der Waals surface area (Å²) in [6, 6.07) is 14.7. The number of rotatable bonds is 7. The number of anilines is 1. The molecule has 2 rings (SSSR count). The van der Waals surface area contributed by atoms with Crippen LogP contribution < -0.4 is 5.32 Å². The van der Waals surface area contributed by atoms with Gasteiger partial charge in [-0.15, -0.1) is 0 Å². The van der Waals surface area contributed by atoms with Crippen molar-refractivity contribution in [3.05, 3.63) is 66.0 Å². The Morgan fingerprint density at radius 2 is 1.79 bits per heavy atom. The van der Waals surface area contributed by atoms with Gasteiger partial charge in [0, 0.05) is 12.2 Å². The highest BCUT2D eigenvalue weighted by Gasteiger charge is 2.25. The quantitative estimate of drug-likeness (QED) is 0.820. The molecule has 0 aromatic heterocycles. The van der Waals surface area contributed by atoms with Gasteiger partial charge in [-0.25, -0.2) is 4.39 Å². The second-order valence-corrected chi connectivity index (χ2v) is 5.93.